The third kappa shape index (κ3) is 5.62. The number of nitrogens with one attached hydrogen (secondary N) is 2. The summed E-state index contributed by atoms with van der Waals surface area (Å²) in [4.78, 5) is 24.0. The van der Waals surface area contributed by atoms with Gasteiger partial charge in [-0.1, -0.05) is 36.4 Å². The third-order valence-electron chi connectivity index (χ3n) is 4.38. The smallest absolute Gasteiger partial charge is 0.243 e. The first-order chi connectivity index (χ1) is 12.7. The van der Waals surface area contributed by atoms with Crippen molar-refractivity contribution >= 4 is 17.5 Å². The van der Waals surface area contributed by atoms with Gasteiger partial charge in [-0.25, -0.2) is 0 Å². The molecule has 1 aliphatic carbocycles. The van der Waals surface area contributed by atoms with E-state index < -0.39 is 0 Å². The first-order valence-electron chi connectivity index (χ1n) is 9.06. The number of anilines is 1. The summed E-state index contributed by atoms with van der Waals surface area (Å²) in [6.45, 7) is -0.0562. The SMILES string of the molecule is O=C(Cc1ccccc1)NCC(=O)Nc1cccc(OC2CCCC2)c1. The topological polar surface area (TPSA) is 67.4 Å². The Morgan fingerprint density at radius 1 is 0.962 bits per heavy atom. The van der Waals surface area contributed by atoms with Crippen molar-refractivity contribution in [2.75, 3.05) is 11.9 Å². The molecule has 1 saturated carbocycles. The van der Waals surface area contributed by atoms with Gasteiger partial charge in [0.05, 0.1) is 19.1 Å². The molecule has 0 spiro atoms. The summed E-state index contributed by atoms with van der Waals surface area (Å²) in [5.41, 5.74) is 1.59. The van der Waals surface area contributed by atoms with Crippen LogP contribution < -0.4 is 15.4 Å². The van der Waals surface area contributed by atoms with Crippen molar-refractivity contribution in [3.63, 3.8) is 0 Å². The van der Waals surface area contributed by atoms with Gasteiger partial charge < -0.3 is 15.4 Å². The van der Waals surface area contributed by atoms with Crippen LogP contribution in [-0.2, 0) is 16.0 Å². The molecule has 0 heterocycles. The van der Waals surface area contributed by atoms with Gasteiger partial charge in [-0.05, 0) is 43.4 Å². The average Bonchev–Trinajstić information content (AvgIpc) is 3.14. The van der Waals surface area contributed by atoms with E-state index in [0.29, 0.717) is 5.69 Å². The van der Waals surface area contributed by atoms with Crippen molar-refractivity contribution in [3.8, 4) is 5.75 Å². The van der Waals surface area contributed by atoms with E-state index in [1.165, 1.54) is 12.8 Å². The van der Waals surface area contributed by atoms with Gasteiger partial charge >= 0.3 is 0 Å². The van der Waals surface area contributed by atoms with Gasteiger partial charge in [0.2, 0.25) is 11.8 Å². The van der Waals surface area contributed by atoms with Crippen LogP contribution in [0.2, 0.25) is 0 Å². The zero-order chi connectivity index (χ0) is 18.2. The number of amides is 2. The Hall–Kier alpha value is -2.82. The van der Waals surface area contributed by atoms with E-state index in [-0.39, 0.29) is 30.9 Å². The third-order valence-corrected chi connectivity index (χ3v) is 4.38. The molecule has 0 atom stereocenters. The molecule has 0 bridgehead atoms. The molecule has 2 amide bonds. The fourth-order valence-electron chi connectivity index (χ4n) is 3.07. The lowest BCUT2D eigenvalue weighted by Gasteiger charge is -2.14. The second-order valence-corrected chi connectivity index (χ2v) is 6.54. The summed E-state index contributed by atoms with van der Waals surface area (Å²) in [6.07, 6.45) is 5.14. The summed E-state index contributed by atoms with van der Waals surface area (Å²) in [5.74, 6) is 0.330. The van der Waals surface area contributed by atoms with E-state index in [2.05, 4.69) is 10.6 Å². The van der Waals surface area contributed by atoms with Gasteiger partial charge in [0, 0.05) is 11.8 Å². The number of carbonyl (C=O) groups excluding carboxylic acids is 2. The molecule has 0 unspecified atom stereocenters. The van der Waals surface area contributed by atoms with Crippen molar-refractivity contribution in [2.24, 2.45) is 0 Å². The minimum atomic E-state index is -0.260. The summed E-state index contributed by atoms with van der Waals surface area (Å²) >= 11 is 0. The predicted octanol–water partition coefficient (Wildman–Crippen LogP) is 3.31. The molecule has 1 fully saturated rings. The van der Waals surface area contributed by atoms with Crippen LogP contribution in [0.4, 0.5) is 5.69 Å². The maximum Gasteiger partial charge on any atom is 0.243 e. The normalized spacial score (nSPS) is 14.0. The first kappa shape index (κ1) is 18.0. The molecule has 0 radical (unpaired) electrons. The summed E-state index contributed by atoms with van der Waals surface area (Å²) < 4.78 is 5.94. The Bertz CT molecular complexity index is 740. The van der Waals surface area contributed by atoms with Crippen LogP contribution in [0.3, 0.4) is 0 Å². The Balaban J connectivity index is 1.44. The van der Waals surface area contributed by atoms with Crippen molar-refractivity contribution in [3.05, 3.63) is 60.2 Å². The maximum atomic E-state index is 12.1. The quantitative estimate of drug-likeness (QED) is 0.803. The van der Waals surface area contributed by atoms with Crippen LogP contribution in [-0.4, -0.2) is 24.5 Å². The largest absolute Gasteiger partial charge is 0.490 e. The lowest BCUT2D eigenvalue weighted by Crippen LogP contribution is -2.33. The molecule has 0 aliphatic heterocycles. The summed E-state index contributed by atoms with van der Waals surface area (Å²) in [6, 6.07) is 16.8. The lowest BCUT2D eigenvalue weighted by atomic mass is 10.1. The summed E-state index contributed by atoms with van der Waals surface area (Å²) in [7, 11) is 0. The van der Waals surface area contributed by atoms with Crippen LogP contribution in [0.25, 0.3) is 0 Å². The van der Waals surface area contributed by atoms with Gasteiger partial charge in [0.25, 0.3) is 0 Å². The van der Waals surface area contributed by atoms with Crippen LogP contribution >= 0.6 is 0 Å². The van der Waals surface area contributed by atoms with Crippen LogP contribution in [0.1, 0.15) is 31.2 Å². The molecule has 2 aromatic carbocycles. The minimum Gasteiger partial charge on any atom is -0.490 e. The molecule has 26 heavy (non-hydrogen) atoms. The highest BCUT2D eigenvalue weighted by molar-refractivity contribution is 5.94. The second-order valence-electron chi connectivity index (χ2n) is 6.54. The molecule has 0 aromatic heterocycles. The highest BCUT2D eigenvalue weighted by Crippen LogP contribution is 2.25. The number of hydrogen-bond acceptors (Lipinski definition) is 3. The maximum absolute atomic E-state index is 12.1. The van der Waals surface area contributed by atoms with Gasteiger partial charge in [0.1, 0.15) is 5.75 Å². The minimum absolute atomic E-state index is 0.0562. The number of benzene rings is 2. The molecule has 3 rings (SSSR count). The van der Waals surface area contributed by atoms with E-state index in [9.17, 15) is 9.59 Å². The molecule has 1 aliphatic rings. The van der Waals surface area contributed by atoms with E-state index in [1.807, 2.05) is 54.6 Å². The van der Waals surface area contributed by atoms with E-state index >= 15 is 0 Å². The lowest BCUT2D eigenvalue weighted by molar-refractivity contribution is -0.123. The van der Waals surface area contributed by atoms with Gasteiger partial charge in [0.15, 0.2) is 0 Å². The molecular weight excluding hydrogens is 328 g/mol. The van der Waals surface area contributed by atoms with Crippen LogP contribution in [0, 0.1) is 0 Å². The fraction of sp³-hybridized carbons (Fsp3) is 0.333. The number of hydrogen-bond donors (Lipinski definition) is 2. The number of ether oxygens (including phenoxy) is 1. The van der Waals surface area contributed by atoms with Crippen molar-refractivity contribution in [2.45, 2.75) is 38.2 Å². The molecule has 0 saturated heterocycles. The van der Waals surface area contributed by atoms with Crippen molar-refractivity contribution in [1.82, 2.24) is 5.32 Å². The Morgan fingerprint density at radius 2 is 1.73 bits per heavy atom. The Labute approximate surface area is 153 Å². The molecule has 5 nitrogen and oxygen atoms in total. The standard InChI is InChI=1S/C21H24N2O3/c24-20(13-16-7-2-1-3-8-16)22-15-21(25)23-17-9-6-12-19(14-17)26-18-10-4-5-11-18/h1-3,6-9,12,14,18H,4-5,10-11,13,15H2,(H,22,24)(H,23,25). The Morgan fingerprint density at radius 3 is 2.50 bits per heavy atom. The zero-order valence-corrected chi connectivity index (χ0v) is 14.7. The highest BCUT2D eigenvalue weighted by Gasteiger charge is 2.16. The molecule has 5 heteroatoms. The zero-order valence-electron chi connectivity index (χ0n) is 14.7. The van der Waals surface area contributed by atoms with Gasteiger partial charge in [-0.15, -0.1) is 0 Å². The molecular formula is C21H24N2O3. The van der Waals surface area contributed by atoms with E-state index in [1.54, 1.807) is 0 Å². The summed E-state index contributed by atoms with van der Waals surface area (Å²) in [5, 5.41) is 5.44. The van der Waals surface area contributed by atoms with Crippen molar-refractivity contribution < 1.29 is 14.3 Å². The highest BCUT2D eigenvalue weighted by atomic mass is 16.5. The van der Waals surface area contributed by atoms with Gasteiger partial charge in [-0.3, -0.25) is 9.59 Å². The van der Waals surface area contributed by atoms with E-state index in [0.717, 1.165) is 24.2 Å². The fourth-order valence-corrected chi connectivity index (χ4v) is 3.07. The number of rotatable bonds is 7. The Kier molecular flexibility index (Phi) is 6.25. The molecule has 136 valence electrons. The average molecular weight is 352 g/mol. The number of carbonyl (C=O) groups is 2. The predicted molar refractivity (Wildman–Crippen MR) is 101 cm³/mol. The molecule has 2 N–H and O–H groups in total. The van der Waals surface area contributed by atoms with Crippen molar-refractivity contribution in [1.29, 1.82) is 0 Å². The van der Waals surface area contributed by atoms with E-state index in [4.69, 9.17) is 4.74 Å². The van der Waals surface area contributed by atoms with Gasteiger partial charge in [-0.2, -0.15) is 0 Å². The van der Waals surface area contributed by atoms with Crippen LogP contribution in [0.15, 0.2) is 54.6 Å². The second kappa shape index (κ2) is 9.04. The molecule has 2 aromatic rings. The monoisotopic (exact) mass is 352 g/mol. The first-order valence-corrected chi connectivity index (χ1v) is 9.06. The van der Waals surface area contributed by atoms with Crippen LogP contribution in [0.5, 0.6) is 5.75 Å².